The first-order chi connectivity index (χ1) is 6.68. The van der Waals surface area contributed by atoms with Crippen molar-refractivity contribution in [2.45, 2.75) is 32.6 Å². The highest BCUT2D eigenvalue weighted by atomic mass is 79.9. The van der Waals surface area contributed by atoms with Crippen LogP contribution in [0.3, 0.4) is 0 Å². The quantitative estimate of drug-likeness (QED) is 0.325. The summed E-state index contributed by atoms with van der Waals surface area (Å²) >= 11 is 0. The molecule has 0 aromatic rings. The molecule has 0 rings (SSSR count). The Morgan fingerprint density at radius 2 is 1.53 bits per heavy atom. The molecule has 0 unspecified atom stereocenters. The van der Waals surface area contributed by atoms with Gasteiger partial charge in [-0.1, -0.05) is 32.9 Å². The minimum Gasteiger partial charge on any atom is -1.00 e. The fraction of sp³-hybridized carbons (Fsp3) is 0.692. The molecule has 0 fully saturated rings. The second-order valence-electron chi connectivity index (χ2n) is 4.35. The Morgan fingerprint density at radius 3 is 1.93 bits per heavy atom. The second kappa shape index (κ2) is 10.4. The van der Waals surface area contributed by atoms with Crippen molar-refractivity contribution in [3.05, 3.63) is 25.3 Å². The fourth-order valence-electron chi connectivity index (χ4n) is 1.80. The number of unbranched alkanes of at least 4 members (excludes halogenated alkanes) is 3. The van der Waals surface area contributed by atoms with Gasteiger partial charge in [0.1, 0.15) is 0 Å². The van der Waals surface area contributed by atoms with Crippen molar-refractivity contribution in [3.8, 4) is 0 Å². The summed E-state index contributed by atoms with van der Waals surface area (Å²) in [5.74, 6) is 0. The van der Waals surface area contributed by atoms with Crippen LogP contribution in [-0.2, 0) is 0 Å². The number of hydrogen-bond donors (Lipinski definition) is 0. The first-order valence-corrected chi connectivity index (χ1v) is 5.74. The second-order valence-corrected chi connectivity index (χ2v) is 4.35. The molecule has 0 aliphatic heterocycles. The van der Waals surface area contributed by atoms with E-state index in [2.05, 4.69) is 27.1 Å². The smallest absolute Gasteiger partial charge is 0.0971 e. The molecule has 0 aromatic carbocycles. The van der Waals surface area contributed by atoms with Gasteiger partial charge in [0.2, 0.25) is 0 Å². The molecular formula is C13H26BrN. The van der Waals surface area contributed by atoms with Crippen molar-refractivity contribution in [3.63, 3.8) is 0 Å². The maximum atomic E-state index is 3.82. The van der Waals surface area contributed by atoms with Gasteiger partial charge in [-0.25, -0.2) is 0 Å². The van der Waals surface area contributed by atoms with E-state index in [0.29, 0.717) is 0 Å². The van der Waals surface area contributed by atoms with E-state index in [4.69, 9.17) is 0 Å². The monoisotopic (exact) mass is 275 g/mol. The molecule has 90 valence electrons. The lowest BCUT2D eigenvalue weighted by Crippen LogP contribution is -3.00. The van der Waals surface area contributed by atoms with Gasteiger partial charge < -0.3 is 21.5 Å². The summed E-state index contributed by atoms with van der Waals surface area (Å²) < 4.78 is 1.07. The van der Waals surface area contributed by atoms with Crippen molar-refractivity contribution in [2.75, 3.05) is 26.7 Å². The van der Waals surface area contributed by atoms with E-state index in [9.17, 15) is 0 Å². The minimum atomic E-state index is 0. The van der Waals surface area contributed by atoms with Crippen LogP contribution >= 0.6 is 0 Å². The van der Waals surface area contributed by atoms with Gasteiger partial charge in [0.05, 0.1) is 26.7 Å². The van der Waals surface area contributed by atoms with Crippen LogP contribution in [0.2, 0.25) is 0 Å². The van der Waals surface area contributed by atoms with Crippen molar-refractivity contribution in [1.29, 1.82) is 0 Å². The first-order valence-electron chi connectivity index (χ1n) is 5.74. The van der Waals surface area contributed by atoms with Crippen LogP contribution in [-0.4, -0.2) is 31.2 Å². The lowest BCUT2D eigenvalue weighted by molar-refractivity contribution is -0.898. The molecule has 0 saturated heterocycles. The van der Waals surface area contributed by atoms with Crippen LogP contribution in [0.25, 0.3) is 0 Å². The van der Waals surface area contributed by atoms with Gasteiger partial charge in [0.25, 0.3) is 0 Å². The van der Waals surface area contributed by atoms with Gasteiger partial charge in [-0.2, -0.15) is 0 Å². The molecular weight excluding hydrogens is 250 g/mol. The average molecular weight is 276 g/mol. The Hall–Kier alpha value is -0.0800. The van der Waals surface area contributed by atoms with Gasteiger partial charge in [-0.15, -0.1) is 0 Å². The van der Waals surface area contributed by atoms with Crippen molar-refractivity contribution in [1.82, 2.24) is 0 Å². The van der Waals surface area contributed by atoms with Crippen LogP contribution in [0.1, 0.15) is 32.6 Å². The van der Waals surface area contributed by atoms with Crippen molar-refractivity contribution < 1.29 is 21.5 Å². The van der Waals surface area contributed by atoms with Gasteiger partial charge in [0, 0.05) is 0 Å². The maximum absolute atomic E-state index is 3.82. The van der Waals surface area contributed by atoms with E-state index in [-0.39, 0.29) is 17.0 Å². The Labute approximate surface area is 106 Å². The zero-order chi connectivity index (χ0) is 10.9. The standard InChI is InChI=1S/C13H26N.BrH/c1-5-8-9-10-13-14(4,11-6-2)12-7-3;/h6-7H,2-3,5,8-13H2,1,4H3;1H/q+1;/p-1. The number of likely N-dealkylation sites (N-methyl/N-ethyl adjacent to an activating group) is 1. The molecule has 0 radical (unpaired) electrons. The topological polar surface area (TPSA) is 0 Å². The summed E-state index contributed by atoms with van der Waals surface area (Å²) in [6.07, 6.45) is 9.39. The molecule has 0 aliphatic rings. The van der Waals surface area contributed by atoms with Crippen molar-refractivity contribution >= 4 is 0 Å². The molecule has 0 heterocycles. The molecule has 0 atom stereocenters. The molecule has 0 spiro atoms. The molecule has 0 aliphatic carbocycles. The van der Waals surface area contributed by atoms with E-state index in [1.807, 2.05) is 12.2 Å². The third-order valence-corrected chi connectivity index (χ3v) is 2.69. The third-order valence-electron chi connectivity index (χ3n) is 2.69. The minimum absolute atomic E-state index is 0. The van der Waals surface area contributed by atoms with Gasteiger partial charge in [0.15, 0.2) is 0 Å². The van der Waals surface area contributed by atoms with E-state index in [1.165, 1.54) is 32.2 Å². The SMILES string of the molecule is C=CC[N+](C)(CC=C)CCCCCC.[Br-]. The van der Waals surface area contributed by atoms with Crippen molar-refractivity contribution in [2.24, 2.45) is 0 Å². The van der Waals surface area contributed by atoms with Gasteiger partial charge in [-0.05, 0) is 25.0 Å². The average Bonchev–Trinajstić information content (AvgIpc) is 2.13. The molecule has 0 bridgehead atoms. The molecule has 2 heteroatoms. The summed E-state index contributed by atoms with van der Waals surface area (Å²) in [5.41, 5.74) is 0. The number of rotatable bonds is 9. The molecule has 15 heavy (non-hydrogen) atoms. The zero-order valence-corrected chi connectivity index (χ0v) is 11.9. The Bertz CT molecular complexity index is 156. The molecule has 0 aromatic heterocycles. The summed E-state index contributed by atoms with van der Waals surface area (Å²) in [5, 5.41) is 0. The Balaban J connectivity index is 0. The summed E-state index contributed by atoms with van der Waals surface area (Å²) in [4.78, 5) is 0. The van der Waals surface area contributed by atoms with Gasteiger partial charge in [-0.3, -0.25) is 0 Å². The predicted octanol–water partition coefficient (Wildman–Crippen LogP) is 0.389. The van der Waals surface area contributed by atoms with Gasteiger partial charge >= 0.3 is 0 Å². The summed E-state index contributed by atoms with van der Waals surface area (Å²) in [7, 11) is 2.29. The number of halogens is 1. The molecule has 1 nitrogen and oxygen atoms in total. The zero-order valence-electron chi connectivity index (χ0n) is 10.3. The Morgan fingerprint density at radius 1 is 1.00 bits per heavy atom. The van der Waals surface area contributed by atoms with Crippen LogP contribution in [0, 0.1) is 0 Å². The number of hydrogen-bond acceptors (Lipinski definition) is 0. The van der Waals surface area contributed by atoms with E-state index in [1.54, 1.807) is 0 Å². The molecule has 0 saturated carbocycles. The highest BCUT2D eigenvalue weighted by Gasteiger charge is 2.16. The van der Waals surface area contributed by atoms with Crippen LogP contribution in [0.4, 0.5) is 0 Å². The third kappa shape index (κ3) is 8.88. The lowest BCUT2D eigenvalue weighted by Gasteiger charge is -2.32. The summed E-state index contributed by atoms with van der Waals surface area (Å²) in [6, 6.07) is 0. The Kier molecular flexibility index (Phi) is 12.1. The van der Waals surface area contributed by atoms with E-state index >= 15 is 0 Å². The normalized spacial score (nSPS) is 10.5. The molecule has 0 N–H and O–H groups in total. The lowest BCUT2D eigenvalue weighted by atomic mass is 10.2. The van der Waals surface area contributed by atoms with E-state index < -0.39 is 0 Å². The highest BCUT2D eigenvalue weighted by Crippen LogP contribution is 2.08. The fourth-order valence-corrected chi connectivity index (χ4v) is 1.80. The van der Waals surface area contributed by atoms with Crippen LogP contribution in [0.5, 0.6) is 0 Å². The van der Waals surface area contributed by atoms with Crippen LogP contribution in [0.15, 0.2) is 25.3 Å². The number of nitrogens with zero attached hydrogens (tertiary/aromatic N) is 1. The van der Waals surface area contributed by atoms with E-state index in [0.717, 1.165) is 17.6 Å². The molecule has 0 amide bonds. The maximum Gasteiger partial charge on any atom is 0.0971 e. The highest BCUT2D eigenvalue weighted by molar-refractivity contribution is 4.70. The van der Waals surface area contributed by atoms with Crippen LogP contribution < -0.4 is 17.0 Å². The largest absolute Gasteiger partial charge is 1.00 e. The first kappa shape index (κ1) is 17.3. The predicted molar refractivity (Wildman–Crippen MR) is 65.3 cm³/mol. The number of quaternary nitrogens is 1. The summed E-state index contributed by atoms with van der Waals surface area (Å²) in [6.45, 7) is 13.3.